The number of aryl methyl sites for hydroxylation is 1. The number of hydrogen-bond acceptors (Lipinski definition) is 2. The number of nitrogens with zero attached hydrogens (tertiary/aromatic N) is 4. The first-order valence-electron chi connectivity index (χ1n) is 10.1. The molecule has 32 heavy (non-hydrogen) atoms. The van der Waals surface area contributed by atoms with Crippen molar-refractivity contribution in [3.05, 3.63) is 101 Å². The second-order valence-electron chi connectivity index (χ2n) is 7.74. The number of rotatable bonds is 3. The molecule has 0 saturated carbocycles. The van der Waals surface area contributed by atoms with Crippen molar-refractivity contribution >= 4 is 5.91 Å². The van der Waals surface area contributed by atoms with Crippen molar-refractivity contribution in [2.45, 2.75) is 26.2 Å². The summed E-state index contributed by atoms with van der Waals surface area (Å²) >= 11 is 0. The van der Waals surface area contributed by atoms with E-state index < -0.39 is 17.6 Å². The van der Waals surface area contributed by atoms with Crippen LogP contribution in [0.4, 0.5) is 13.2 Å². The Balaban J connectivity index is 1.55. The van der Waals surface area contributed by atoms with Crippen LogP contribution in [0.5, 0.6) is 0 Å². The summed E-state index contributed by atoms with van der Waals surface area (Å²) in [6.45, 7) is 2.32. The lowest BCUT2D eigenvalue weighted by atomic mass is 10.1. The van der Waals surface area contributed by atoms with E-state index in [2.05, 4.69) is 0 Å². The number of fused-ring (bicyclic) bond motifs is 1. The molecule has 0 fully saturated rings. The number of hydrogen-bond donors (Lipinski definition) is 0. The van der Waals surface area contributed by atoms with Crippen LogP contribution in [0, 0.1) is 6.92 Å². The minimum Gasteiger partial charge on any atom is -0.328 e. The summed E-state index contributed by atoms with van der Waals surface area (Å²) in [4.78, 5) is 14.5. The van der Waals surface area contributed by atoms with Crippen molar-refractivity contribution in [2.75, 3.05) is 0 Å². The van der Waals surface area contributed by atoms with Gasteiger partial charge in [-0.25, -0.2) is 4.68 Å². The van der Waals surface area contributed by atoms with Crippen molar-refractivity contribution < 1.29 is 18.0 Å². The Morgan fingerprint density at radius 3 is 2.34 bits per heavy atom. The van der Waals surface area contributed by atoms with Crippen LogP contribution in [0.2, 0.25) is 0 Å². The highest BCUT2D eigenvalue weighted by Crippen LogP contribution is 2.35. The van der Waals surface area contributed by atoms with Gasteiger partial charge in [-0.1, -0.05) is 30.3 Å². The molecule has 1 aliphatic heterocycles. The molecule has 2 aromatic heterocycles. The summed E-state index contributed by atoms with van der Waals surface area (Å²) in [5.74, 6) is 0.121. The summed E-state index contributed by atoms with van der Waals surface area (Å²) in [6.07, 6.45) is -0.832. The first-order chi connectivity index (χ1) is 15.3. The van der Waals surface area contributed by atoms with Crippen LogP contribution in [0.3, 0.4) is 0 Å². The lowest BCUT2D eigenvalue weighted by molar-refractivity contribution is -0.138. The monoisotopic (exact) mass is 436 g/mol. The minimum absolute atomic E-state index is 0.146. The van der Waals surface area contributed by atoms with Crippen LogP contribution in [-0.2, 0) is 19.3 Å². The van der Waals surface area contributed by atoms with E-state index in [-0.39, 0.29) is 18.7 Å². The molecule has 1 amide bonds. The quantitative estimate of drug-likeness (QED) is 0.446. The lowest BCUT2D eigenvalue weighted by Crippen LogP contribution is -2.28. The molecule has 5 rings (SSSR count). The molecular formula is C24H19F3N4O. The smallest absolute Gasteiger partial charge is 0.328 e. The molecule has 0 aliphatic carbocycles. The molecule has 162 valence electrons. The zero-order valence-electron chi connectivity index (χ0n) is 17.2. The molecule has 0 radical (unpaired) electrons. The van der Waals surface area contributed by atoms with E-state index in [1.165, 1.54) is 23.1 Å². The number of aromatic nitrogens is 3. The highest BCUT2D eigenvalue weighted by Gasteiger charge is 2.38. The van der Waals surface area contributed by atoms with Gasteiger partial charge in [-0.2, -0.15) is 18.3 Å². The second-order valence-corrected chi connectivity index (χ2v) is 7.74. The molecule has 8 heteroatoms. The number of carbonyl (C=O) groups is 1. The number of carbonyl (C=O) groups excluding carboxylic acids is 1. The van der Waals surface area contributed by atoms with Gasteiger partial charge >= 0.3 is 6.18 Å². The van der Waals surface area contributed by atoms with Crippen molar-refractivity contribution in [2.24, 2.45) is 0 Å². The summed E-state index contributed by atoms with van der Waals surface area (Å²) in [7, 11) is 0. The molecular weight excluding hydrogens is 417 g/mol. The molecule has 0 atom stereocenters. The molecule has 4 aromatic rings. The first-order valence-corrected chi connectivity index (χ1v) is 10.1. The van der Waals surface area contributed by atoms with Crippen LogP contribution in [0.15, 0.2) is 73.1 Å². The molecule has 0 bridgehead atoms. The summed E-state index contributed by atoms with van der Waals surface area (Å²) in [6, 6.07) is 16.5. The highest BCUT2D eigenvalue weighted by molar-refractivity contribution is 5.96. The Bertz CT molecular complexity index is 1310. The summed E-state index contributed by atoms with van der Waals surface area (Å²) in [5.41, 5.74) is 2.17. The van der Waals surface area contributed by atoms with Gasteiger partial charge in [0.15, 0.2) is 0 Å². The van der Waals surface area contributed by atoms with E-state index >= 15 is 0 Å². The van der Waals surface area contributed by atoms with E-state index in [1.807, 2.05) is 65.0 Å². The average molecular weight is 436 g/mol. The third-order valence-corrected chi connectivity index (χ3v) is 5.67. The van der Waals surface area contributed by atoms with Gasteiger partial charge in [0.1, 0.15) is 5.82 Å². The predicted molar refractivity (Wildman–Crippen MR) is 113 cm³/mol. The maximum atomic E-state index is 13.4. The molecule has 3 heterocycles. The number of amides is 1. The van der Waals surface area contributed by atoms with E-state index in [0.717, 1.165) is 28.7 Å². The van der Waals surface area contributed by atoms with Gasteiger partial charge in [0.25, 0.3) is 5.91 Å². The molecule has 2 aromatic carbocycles. The van der Waals surface area contributed by atoms with Gasteiger partial charge in [0, 0.05) is 18.0 Å². The largest absolute Gasteiger partial charge is 0.417 e. The van der Waals surface area contributed by atoms with Crippen molar-refractivity contribution in [1.82, 2.24) is 19.2 Å². The van der Waals surface area contributed by atoms with Crippen molar-refractivity contribution in [3.63, 3.8) is 0 Å². The zero-order valence-corrected chi connectivity index (χ0v) is 17.2. The lowest BCUT2D eigenvalue weighted by Gasteiger charge is -2.20. The predicted octanol–water partition coefficient (Wildman–Crippen LogP) is 5.15. The van der Waals surface area contributed by atoms with Crippen LogP contribution in [-0.4, -0.2) is 25.2 Å². The van der Waals surface area contributed by atoms with Crippen LogP contribution in [0.25, 0.3) is 11.5 Å². The van der Waals surface area contributed by atoms with Crippen molar-refractivity contribution in [1.29, 1.82) is 0 Å². The van der Waals surface area contributed by atoms with E-state index in [0.29, 0.717) is 5.69 Å². The third kappa shape index (κ3) is 3.28. The molecule has 0 unspecified atom stereocenters. The minimum atomic E-state index is -4.60. The molecule has 0 spiro atoms. The Kier molecular flexibility index (Phi) is 4.65. The van der Waals surface area contributed by atoms with E-state index in [4.69, 9.17) is 5.10 Å². The molecule has 1 aliphatic rings. The molecule has 5 nitrogen and oxygen atoms in total. The van der Waals surface area contributed by atoms with E-state index in [9.17, 15) is 18.0 Å². The van der Waals surface area contributed by atoms with Crippen molar-refractivity contribution in [3.8, 4) is 11.5 Å². The maximum absolute atomic E-state index is 13.4. The first kappa shape index (κ1) is 20.1. The number of para-hydroxylation sites is 1. The standard InChI is InChI=1S/C24H19F3N4O/c1-16-8-2-5-11-21(16)31-22(29-12-6-7-13-29)18-14-30(15-20(18)28-31)23(32)17-9-3-4-10-19(17)24(25,26)27/h2-13H,14-15H2,1H3. The fourth-order valence-electron chi connectivity index (χ4n) is 4.14. The Hall–Kier alpha value is -3.81. The Labute approximate surface area is 182 Å². The average Bonchev–Trinajstić information content (AvgIpc) is 3.49. The van der Waals surface area contributed by atoms with E-state index in [1.54, 1.807) is 0 Å². The van der Waals surface area contributed by atoms with Gasteiger partial charge in [-0.15, -0.1) is 0 Å². The maximum Gasteiger partial charge on any atom is 0.417 e. The van der Waals surface area contributed by atoms with Gasteiger partial charge in [0.2, 0.25) is 0 Å². The second kappa shape index (κ2) is 7.40. The Morgan fingerprint density at radius 1 is 0.938 bits per heavy atom. The third-order valence-electron chi connectivity index (χ3n) is 5.67. The number of alkyl halides is 3. The van der Waals surface area contributed by atoms with Gasteiger partial charge in [-0.05, 0) is 42.8 Å². The topological polar surface area (TPSA) is 43.1 Å². The SMILES string of the molecule is Cc1ccccc1-n1nc2c(c1-n1cccc1)CN(C(=O)c1ccccc1C(F)(F)F)C2. The number of halogens is 3. The zero-order chi connectivity index (χ0) is 22.5. The number of benzene rings is 2. The van der Waals surface area contributed by atoms with Gasteiger partial charge in [0.05, 0.1) is 35.6 Å². The highest BCUT2D eigenvalue weighted by atomic mass is 19.4. The summed E-state index contributed by atoms with van der Waals surface area (Å²) in [5, 5.41) is 4.75. The fraction of sp³-hybridized carbons (Fsp3) is 0.167. The summed E-state index contributed by atoms with van der Waals surface area (Å²) < 4.78 is 44.1. The van der Waals surface area contributed by atoms with Gasteiger partial charge < -0.3 is 9.47 Å². The van der Waals surface area contributed by atoms with Crippen LogP contribution < -0.4 is 0 Å². The molecule has 0 saturated heterocycles. The normalized spacial score (nSPS) is 13.4. The Morgan fingerprint density at radius 2 is 1.62 bits per heavy atom. The molecule has 0 N–H and O–H groups in total. The fourth-order valence-corrected chi connectivity index (χ4v) is 4.14. The van der Waals surface area contributed by atoms with Crippen LogP contribution in [0.1, 0.15) is 32.7 Å². The van der Waals surface area contributed by atoms with Crippen LogP contribution >= 0.6 is 0 Å². The van der Waals surface area contributed by atoms with Gasteiger partial charge in [-0.3, -0.25) is 4.79 Å².